The molecule has 0 heterocycles. The molecule has 0 unspecified atom stereocenters. The van der Waals surface area contributed by atoms with Crippen LogP contribution in [0.5, 0.6) is 0 Å². The fourth-order valence-electron chi connectivity index (χ4n) is 3.43. The van der Waals surface area contributed by atoms with E-state index in [-0.39, 0.29) is 0 Å². The van der Waals surface area contributed by atoms with Crippen molar-refractivity contribution in [3.8, 4) is 0 Å². The SMILES string of the molecule is O=C1C(=O)c2ccc(cc2)CCc2cccc(c2)CCc2ccc1cc2. The Labute approximate surface area is 153 Å². The molecule has 0 atom stereocenters. The van der Waals surface area contributed by atoms with Gasteiger partial charge in [-0.05, 0) is 47.9 Å². The molecule has 0 radical (unpaired) electrons. The third-order valence-electron chi connectivity index (χ3n) is 5.03. The van der Waals surface area contributed by atoms with Gasteiger partial charge in [0.1, 0.15) is 0 Å². The molecule has 3 aliphatic rings. The normalized spacial score (nSPS) is 14.5. The minimum atomic E-state index is -0.444. The van der Waals surface area contributed by atoms with Crippen LogP contribution < -0.4 is 0 Å². The summed E-state index contributed by atoms with van der Waals surface area (Å²) in [5, 5.41) is 0. The van der Waals surface area contributed by atoms with Gasteiger partial charge in [-0.1, -0.05) is 72.8 Å². The van der Waals surface area contributed by atoms with E-state index in [4.69, 9.17) is 0 Å². The highest BCUT2D eigenvalue weighted by Crippen LogP contribution is 2.16. The second-order valence-corrected chi connectivity index (χ2v) is 6.87. The molecule has 0 saturated carbocycles. The Morgan fingerprint density at radius 1 is 0.462 bits per heavy atom. The van der Waals surface area contributed by atoms with Crippen LogP contribution in [-0.2, 0) is 25.7 Å². The molecular weight excluding hydrogens is 320 g/mol. The van der Waals surface area contributed by atoms with Gasteiger partial charge < -0.3 is 0 Å². The van der Waals surface area contributed by atoms with Crippen LogP contribution >= 0.6 is 0 Å². The minimum Gasteiger partial charge on any atom is -0.285 e. The van der Waals surface area contributed by atoms with Crippen LogP contribution in [0.2, 0.25) is 0 Å². The smallest absolute Gasteiger partial charge is 0.233 e. The molecule has 6 bridgehead atoms. The lowest BCUT2D eigenvalue weighted by atomic mass is 9.98. The van der Waals surface area contributed by atoms with E-state index in [1.807, 2.05) is 24.3 Å². The highest BCUT2D eigenvalue weighted by molar-refractivity contribution is 6.49. The van der Waals surface area contributed by atoms with Crippen LogP contribution in [0.4, 0.5) is 0 Å². The van der Waals surface area contributed by atoms with E-state index in [1.54, 1.807) is 24.3 Å². The van der Waals surface area contributed by atoms with Crippen LogP contribution in [0.15, 0.2) is 72.8 Å². The second kappa shape index (κ2) is 7.09. The summed E-state index contributed by atoms with van der Waals surface area (Å²) >= 11 is 0. The van der Waals surface area contributed by atoms with Gasteiger partial charge in [-0.15, -0.1) is 0 Å². The van der Waals surface area contributed by atoms with Gasteiger partial charge in [0.05, 0.1) is 0 Å². The summed E-state index contributed by atoms with van der Waals surface area (Å²) < 4.78 is 0. The summed E-state index contributed by atoms with van der Waals surface area (Å²) in [5.74, 6) is -0.888. The molecule has 2 heteroatoms. The van der Waals surface area contributed by atoms with Crippen LogP contribution in [0.3, 0.4) is 0 Å². The summed E-state index contributed by atoms with van der Waals surface area (Å²) in [5.41, 5.74) is 5.92. The van der Waals surface area contributed by atoms with Crippen molar-refractivity contribution >= 4 is 11.6 Å². The Morgan fingerprint density at radius 2 is 0.846 bits per heavy atom. The average Bonchev–Trinajstić information content (AvgIpc) is 2.70. The van der Waals surface area contributed by atoms with Gasteiger partial charge in [-0.2, -0.15) is 0 Å². The van der Waals surface area contributed by atoms with Crippen molar-refractivity contribution in [3.05, 3.63) is 106 Å². The first-order valence-electron chi connectivity index (χ1n) is 9.04. The molecule has 0 aromatic heterocycles. The number of hydrogen-bond acceptors (Lipinski definition) is 2. The Morgan fingerprint density at radius 3 is 1.27 bits per heavy atom. The minimum absolute atomic E-state index is 0.444. The first-order valence-corrected chi connectivity index (χ1v) is 9.04. The van der Waals surface area contributed by atoms with E-state index in [1.165, 1.54) is 22.3 Å². The van der Waals surface area contributed by atoms with Crippen molar-refractivity contribution in [2.75, 3.05) is 0 Å². The summed E-state index contributed by atoms with van der Waals surface area (Å²) in [6.45, 7) is 0. The standard InChI is InChI=1S/C24H20O2/c25-23-21-12-8-17(9-13-21)4-6-19-2-1-3-20(16-19)7-5-18-10-14-22(15-11-18)24(23)26/h1-3,8-16H,4-7H2. The number of rotatable bonds is 0. The van der Waals surface area contributed by atoms with Gasteiger partial charge in [0, 0.05) is 11.1 Å². The molecule has 0 amide bonds. The fourth-order valence-corrected chi connectivity index (χ4v) is 3.43. The topological polar surface area (TPSA) is 34.1 Å². The zero-order valence-corrected chi connectivity index (χ0v) is 14.6. The average molecular weight is 340 g/mol. The number of fused-ring (bicyclic) bond motifs is 2. The lowest BCUT2D eigenvalue weighted by molar-refractivity contribution is 0.0817. The first kappa shape index (κ1) is 16.5. The molecule has 3 aromatic rings. The van der Waals surface area contributed by atoms with Crippen LogP contribution in [-0.4, -0.2) is 11.6 Å². The van der Waals surface area contributed by atoms with Crippen molar-refractivity contribution in [3.63, 3.8) is 0 Å². The van der Waals surface area contributed by atoms with Gasteiger partial charge in [0.25, 0.3) is 0 Å². The molecular formula is C24H20O2. The lowest BCUT2D eigenvalue weighted by Crippen LogP contribution is -2.14. The maximum Gasteiger partial charge on any atom is 0.233 e. The number of benzene rings is 3. The van der Waals surface area contributed by atoms with E-state index < -0.39 is 11.6 Å². The van der Waals surface area contributed by atoms with Crippen molar-refractivity contribution < 1.29 is 9.59 Å². The molecule has 0 aliphatic heterocycles. The zero-order chi connectivity index (χ0) is 17.9. The fraction of sp³-hybridized carbons (Fsp3) is 0.167. The molecule has 3 aliphatic carbocycles. The van der Waals surface area contributed by atoms with Gasteiger partial charge in [-0.3, -0.25) is 9.59 Å². The quantitative estimate of drug-likeness (QED) is 0.559. The van der Waals surface area contributed by atoms with E-state index in [2.05, 4.69) is 24.3 Å². The molecule has 0 spiro atoms. The molecule has 0 N–H and O–H groups in total. The summed E-state index contributed by atoms with van der Waals surface area (Å²) in [6.07, 6.45) is 3.77. The van der Waals surface area contributed by atoms with Gasteiger partial charge in [0.2, 0.25) is 11.6 Å². The Hall–Kier alpha value is -3.00. The predicted molar refractivity (Wildman–Crippen MR) is 103 cm³/mol. The number of aryl methyl sites for hydroxylation is 4. The van der Waals surface area contributed by atoms with Crippen molar-refractivity contribution in [1.29, 1.82) is 0 Å². The van der Waals surface area contributed by atoms with Crippen molar-refractivity contribution in [2.45, 2.75) is 25.7 Å². The maximum atomic E-state index is 12.5. The second-order valence-electron chi connectivity index (χ2n) is 6.87. The Kier molecular flexibility index (Phi) is 4.49. The highest BCUT2D eigenvalue weighted by atomic mass is 16.2. The van der Waals surface area contributed by atoms with Gasteiger partial charge in [0.15, 0.2) is 0 Å². The van der Waals surface area contributed by atoms with Gasteiger partial charge >= 0.3 is 0 Å². The van der Waals surface area contributed by atoms with Crippen molar-refractivity contribution in [1.82, 2.24) is 0 Å². The monoisotopic (exact) mass is 340 g/mol. The van der Waals surface area contributed by atoms with Crippen LogP contribution in [0, 0.1) is 0 Å². The lowest BCUT2D eigenvalue weighted by Gasteiger charge is -2.06. The molecule has 128 valence electrons. The first-order chi connectivity index (χ1) is 12.7. The number of Topliss-reactive ketones (excluding diaryl/α,β-unsaturated/α-hetero) is 2. The number of carbonyl (C=O) groups is 2. The highest BCUT2D eigenvalue weighted by Gasteiger charge is 2.18. The van der Waals surface area contributed by atoms with E-state index in [0.717, 1.165) is 25.7 Å². The van der Waals surface area contributed by atoms with E-state index in [9.17, 15) is 9.59 Å². The van der Waals surface area contributed by atoms with Gasteiger partial charge in [-0.25, -0.2) is 0 Å². The molecule has 0 saturated heterocycles. The zero-order valence-electron chi connectivity index (χ0n) is 14.6. The van der Waals surface area contributed by atoms with Crippen LogP contribution in [0.1, 0.15) is 43.0 Å². The summed E-state index contributed by atoms with van der Waals surface area (Å²) in [4.78, 5) is 24.9. The maximum absolute atomic E-state index is 12.5. The number of hydrogen-bond donors (Lipinski definition) is 0. The number of ketones is 2. The Bertz CT molecular complexity index is 874. The molecule has 6 rings (SSSR count). The molecule has 26 heavy (non-hydrogen) atoms. The molecule has 3 aromatic carbocycles. The van der Waals surface area contributed by atoms with Crippen LogP contribution in [0.25, 0.3) is 0 Å². The Balaban J connectivity index is 1.72. The molecule has 0 fully saturated rings. The third kappa shape index (κ3) is 3.50. The van der Waals surface area contributed by atoms with E-state index in [0.29, 0.717) is 11.1 Å². The van der Waals surface area contributed by atoms with E-state index >= 15 is 0 Å². The largest absolute Gasteiger partial charge is 0.285 e. The predicted octanol–water partition coefficient (Wildman–Crippen LogP) is 4.64. The summed E-state index contributed by atoms with van der Waals surface area (Å²) in [7, 11) is 0. The third-order valence-corrected chi connectivity index (χ3v) is 5.03. The summed E-state index contributed by atoms with van der Waals surface area (Å²) in [6, 6.07) is 23.6. The van der Waals surface area contributed by atoms with Crippen molar-refractivity contribution in [2.24, 2.45) is 0 Å². The number of carbonyl (C=O) groups excluding carboxylic acids is 2. The molecule has 2 nitrogen and oxygen atoms in total.